The Balaban J connectivity index is 1.35. The van der Waals surface area contributed by atoms with E-state index in [1.54, 1.807) is 10.9 Å². The molecule has 0 spiro atoms. The van der Waals surface area contributed by atoms with E-state index < -0.39 is 0 Å². The first-order valence-electron chi connectivity index (χ1n) is 10.9. The number of carbonyl (C=O) groups excluding carboxylic acids is 2. The van der Waals surface area contributed by atoms with Gasteiger partial charge in [-0.05, 0) is 57.2 Å². The van der Waals surface area contributed by atoms with Gasteiger partial charge in [-0.3, -0.25) is 14.3 Å². The van der Waals surface area contributed by atoms with Crippen LogP contribution in [0, 0.1) is 0 Å². The van der Waals surface area contributed by atoms with Gasteiger partial charge in [0.1, 0.15) is 0 Å². The zero-order valence-electron chi connectivity index (χ0n) is 18.0. The summed E-state index contributed by atoms with van der Waals surface area (Å²) >= 11 is 0. The Morgan fingerprint density at radius 3 is 2.90 bits per heavy atom. The predicted octanol–water partition coefficient (Wildman–Crippen LogP) is 2.16. The van der Waals surface area contributed by atoms with Gasteiger partial charge in [-0.25, -0.2) is 0 Å². The lowest BCUT2D eigenvalue weighted by molar-refractivity contribution is -0.134. The summed E-state index contributed by atoms with van der Waals surface area (Å²) < 4.78 is 12.5. The number of nitrogens with zero attached hydrogens (tertiary/aromatic N) is 4. The van der Waals surface area contributed by atoms with E-state index in [2.05, 4.69) is 15.6 Å². The molecular weight excluding hydrogens is 398 g/mol. The molecule has 0 bridgehead atoms. The number of carbonyl (C=O) groups is 2. The number of aryl methyl sites for hydroxylation is 1. The van der Waals surface area contributed by atoms with Gasteiger partial charge < -0.3 is 19.7 Å². The Kier molecular flexibility index (Phi) is 6.39. The topological polar surface area (TPSA) is 98.6 Å². The van der Waals surface area contributed by atoms with Gasteiger partial charge in [0.25, 0.3) is 5.91 Å². The Hall–Kier alpha value is -3.10. The molecule has 31 heavy (non-hydrogen) atoms. The molecule has 3 heterocycles. The normalized spacial score (nSPS) is 17.8. The van der Waals surface area contributed by atoms with Crippen molar-refractivity contribution >= 4 is 11.8 Å². The van der Waals surface area contributed by atoms with Gasteiger partial charge in [0.2, 0.25) is 12.7 Å². The van der Waals surface area contributed by atoms with Gasteiger partial charge in [-0.1, -0.05) is 11.3 Å². The fourth-order valence-electron chi connectivity index (χ4n) is 4.09. The summed E-state index contributed by atoms with van der Waals surface area (Å²) in [6.45, 7) is 5.42. The fraction of sp³-hybridized carbons (Fsp3) is 0.545. The van der Waals surface area contributed by atoms with Crippen molar-refractivity contribution in [1.82, 2.24) is 25.2 Å². The number of benzene rings is 1. The van der Waals surface area contributed by atoms with Crippen LogP contribution in [-0.2, 0) is 17.8 Å². The number of hydrogen-bond donors (Lipinski definition) is 1. The molecule has 2 aliphatic heterocycles. The van der Waals surface area contributed by atoms with Crippen molar-refractivity contribution in [1.29, 1.82) is 0 Å². The quantitative estimate of drug-likeness (QED) is 0.727. The molecule has 166 valence electrons. The first kappa shape index (κ1) is 21.1. The molecule has 0 radical (unpaired) electrons. The van der Waals surface area contributed by atoms with Crippen LogP contribution in [0.2, 0.25) is 0 Å². The zero-order chi connectivity index (χ0) is 21.8. The maximum absolute atomic E-state index is 13.1. The summed E-state index contributed by atoms with van der Waals surface area (Å²) in [6, 6.07) is 5.87. The molecule has 2 aliphatic rings. The smallest absolute Gasteiger partial charge is 0.273 e. The van der Waals surface area contributed by atoms with Crippen LogP contribution >= 0.6 is 0 Å². The van der Waals surface area contributed by atoms with E-state index in [1.165, 1.54) is 0 Å². The van der Waals surface area contributed by atoms with Crippen LogP contribution in [0.5, 0.6) is 11.5 Å². The van der Waals surface area contributed by atoms with E-state index in [-0.39, 0.29) is 30.7 Å². The van der Waals surface area contributed by atoms with E-state index in [0.717, 1.165) is 43.5 Å². The second-order valence-corrected chi connectivity index (χ2v) is 8.38. The van der Waals surface area contributed by atoms with Gasteiger partial charge in [0.05, 0.1) is 12.6 Å². The maximum Gasteiger partial charge on any atom is 0.273 e. The van der Waals surface area contributed by atoms with E-state index >= 15 is 0 Å². The zero-order valence-corrected chi connectivity index (χ0v) is 18.0. The number of aromatic nitrogens is 3. The number of piperidine rings is 1. The third-order valence-electron chi connectivity index (χ3n) is 5.62. The van der Waals surface area contributed by atoms with Crippen molar-refractivity contribution in [2.24, 2.45) is 0 Å². The van der Waals surface area contributed by atoms with Crippen LogP contribution in [0.1, 0.15) is 55.6 Å². The van der Waals surface area contributed by atoms with Gasteiger partial charge in [-0.2, -0.15) is 0 Å². The predicted molar refractivity (Wildman–Crippen MR) is 113 cm³/mol. The monoisotopic (exact) mass is 427 g/mol. The summed E-state index contributed by atoms with van der Waals surface area (Å²) in [6.07, 6.45) is 5.89. The van der Waals surface area contributed by atoms with Crippen molar-refractivity contribution in [2.75, 3.05) is 13.3 Å². The van der Waals surface area contributed by atoms with Gasteiger partial charge >= 0.3 is 0 Å². The molecule has 1 atom stereocenters. The molecule has 1 fully saturated rings. The number of hydrogen-bond acceptors (Lipinski definition) is 6. The Labute approximate surface area is 181 Å². The summed E-state index contributed by atoms with van der Waals surface area (Å²) in [4.78, 5) is 27.1. The molecule has 0 aliphatic carbocycles. The van der Waals surface area contributed by atoms with E-state index in [1.807, 2.05) is 36.9 Å². The highest BCUT2D eigenvalue weighted by molar-refractivity contribution is 5.92. The molecule has 2 aromatic rings. The average molecular weight is 428 g/mol. The molecular formula is C22H29N5O4. The number of likely N-dealkylation sites (tertiary alicyclic amines) is 1. The number of nitrogens with one attached hydrogen (secondary N) is 1. The van der Waals surface area contributed by atoms with Gasteiger partial charge in [0, 0.05) is 25.2 Å². The minimum atomic E-state index is -0.223. The van der Waals surface area contributed by atoms with E-state index in [9.17, 15) is 9.59 Å². The molecule has 2 amide bonds. The standard InChI is InChI=1S/C22H29N5O4/c1-15(2)23-22(29)18-13-26(25-24-18)10-8-17-5-3-4-9-27(17)21(28)12-16-6-7-19-20(11-16)31-14-30-19/h6-7,11,13,15,17H,3-5,8-10,12,14H2,1-2H3,(H,23,29)/t17-/m1/s1. The van der Waals surface area contributed by atoms with Crippen molar-refractivity contribution in [3.63, 3.8) is 0 Å². The third kappa shape index (κ3) is 5.15. The number of fused-ring (bicyclic) bond motifs is 1. The van der Waals surface area contributed by atoms with Crippen molar-refractivity contribution in [2.45, 2.75) is 64.6 Å². The highest BCUT2D eigenvalue weighted by Crippen LogP contribution is 2.33. The Morgan fingerprint density at radius 1 is 1.23 bits per heavy atom. The van der Waals surface area contributed by atoms with Crippen LogP contribution in [0.15, 0.2) is 24.4 Å². The third-order valence-corrected chi connectivity index (χ3v) is 5.62. The molecule has 9 nitrogen and oxygen atoms in total. The van der Waals surface area contributed by atoms with Crippen molar-refractivity contribution in [3.05, 3.63) is 35.7 Å². The van der Waals surface area contributed by atoms with Gasteiger partial charge in [-0.15, -0.1) is 5.10 Å². The lowest BCUT2D eigenvalue weighted by Gasteiger charge is -2.36. The molecule has 1 saturated heterocycles. The largest absolute Gasteiger partial charge is 0.454 e. The maximum atomic E-state index is 13.1. The summed E-state index contributed by atoms with van der Waals surface area (Å²) in [5.41, 5.74) is 1.24. The summed E-state index contributed by atoms with van der Waals surface area (Å²) in [5.74, 6) is 1.32. The van der Waals surface area contributed by atoms with Crippen LogP contribution < -0.4 is 14.8 Å². The highest BCUT2D eigenvalue weighted by atomic mass is 16.7. The molecule has 1 N–H and O–H groups in total. The second-order valence-electron chi connectivity index (χ2n) is 8.38. The SMILES string of the molecule is CC(C)NC(=O)c1cn(CC[C@H]2CCCCN2C(=O)Cc2ccc3c(c2)OCO3)nn1. The number of amides is 2. The van der Waals surface area contributed by atoms with E-state index in [4.69, 9.17) is 9.47 Å². The Bertz CT molecular complexity index is 942. The summed E-state index contributed by atoms with van der Waals surface area (Å²) in [5, 5.41) is 10.9. The van der Waals surface area contributed by atoms with Crippen LogP contribution in [0.3, 0.4) is 0 Å². The van der Waals surface area contributed by atoms with Crippen molar-refractivity contribution < 1.29 is 19.1 Å². The number of rotatable bonds is 7. The Morgan fingerprint density at radius 2 is 2.06 bits per heavy atom. The molecule has 9 heteroatoms. The number of ether oxygens (including phenoxy) is 2. The first-order valence-corrected chi connectivity index (χ1v) is 10.9. The van der Waals surface area contributed by atoms with Crippen LogP contribution in [-0.4, -0.2) is 57.1 Å². The molecule has 0 unspecified atom stereocenters. The second kappa shape index (κ2) is 9.36. The minimum absolute atomic E-state index is 0.0456. The minimum Gasteiger partial charge on any atom is -0.454 e. The van der Waals surface area contributed by atoms with E-state index in [0.29, 0.717) is 24.4 Å². The van der Waals surface area contributed by atoms with Gasteiger partial charge in [0.15, 0.2) is 17.2 Å². The highest BCUT2D eigenvalue weighted by Gasteiger charge is 2.27. The molecule has 4 rings (SSSR count). The van der Waals surface area contributed by atoms with Crippen LogP contribution in [0.4, 0.5) is 0 Å². The molecule has 1 aromatic carbocycles. The lowest BCUT2D eigenvalue weighted by Crippen LogP contribution is -2.44. The average Bonchev–Trinajstić information content (AvgIpc) is 3.41. The first-order chi connectivity index (χ1) is 15.0. The summed E-state index contributed by atoms with van der Waals surface area (Å²) in [7, 11) is 0. The molecule has 0 saturated carbocycles. The van der Waals surface area contributed by atoms with Crippen molar-refractivity contribution in [3.8, 4) is 11.5 Å². The lowest BCUT2D eigenvalue weighted by atomic mass is 9.98. The molecule has 1 aromatic heterocycles. The van der Waals surface area contributed by atoms with Crippen LogP contribution in [0.25, 0.3) is 0 Å². The fourth-order valence-corrected chi connectivity index (χ4v) is 4.09.